The molecule has 21 heavy (non-hydrogen) atoms. The maximum Gasteiger partial charge on any atom is 0.306 e. The van der Waals surface area contributed by atoms with Crippen molar-refractivity contribution < 1.29 is 9.53 Å². The zero-order chi connectivity index (χ0) is 15.3. The lowest BCUT2D eigenvalue weighted by Crippen LogP contribution is -2.14. The molecule has 0 bridgehead atoms. The highest BCUT2D eigenvalue weighted by atomic mass is 31.2. The van der Waals surface area contributed by atoms with E-state index in [1.807, 2.05) is 6.07 Å². The van der Waals surface area contributed by atoms with Crippen molar-refractivity contribution in [1.82, 2.24) is 0 Å². The van der Waals surface area contributed by atoms with Crippen molar-refractivity contribution >= 4 is 18.5 Å². The minimum Gasteiger partial charge on any atom is -0.423 e. The second kappa shape index (κ2) is 4.81. The molecule has 1 aromatic rings. The van der Waals surface area contributed by atoms with Crippen molar-refractivity contribution in [2.24, 2.45) is 5.41 Å². The summed E-state index contributed by atoms with van der Waals surface area (Å²) in [7, 11) is -1.49. The predicted molar refractivity (Wildman–Crippen MR) is 89.3 cm³/mol. The van der Waals surface area contributed by atoms with E-state index >= 15 is 0 Å². The van der Waals surface area contributed by atoms with Crippen LogP contribution in [0.3, 0.4) is 0 Å². The number of rotatable bonds is 2. The molecule has 2 aliphatic rings. The molecule has 0 saturated carbocycles. The van der Waals surface area contributed by atoms with E-state index in [1.165, 1.54) is 23.1 Å². The van der Waals surface area contributed by atoms with E-state index in [1.54, 1.807) is 0 Å². The zero-order valence-corrected chi connectivity index (χ0v) is 14.0. The Morgan fingerprint density at radius 2 is 1.90 bits per heavy atom. The van der Waals surface area contributed by atoms with Crippen molar-refractivity contribution in [3.8, 4) is 0 Å². The SMILES string of the molecule is CC(=O)OC1C=CC[P+]12C(c1ccccc1)=C2C(C)(C)C. The summed E-state index contributed by atoms with van der Waals surface area (Å²) in [5.74, 6) is -0.224. The molecule has 0 radical (unpaired) electrons. The molecule has 110 valence electrons. The van der Waals surface area contributed by atoms with Gasteiger partial charge in [0.15, 0.2) is 0 Å². The molecule has 2 atom stereocenters. The summed E-state index contributed by atoms with van der Waals surface area (Å²) in [5, 5.41) is 3.02. The van der Waals surface area contributed by atoms with Crippen LogP contribution in [0.4, 0.5) is 0 Å². The molecule has 1 aromatic carbocycles. The summed E-state index contributed by atoms with van der Waals surface area (Å²) >= 11 is 0. The van der Waals surface area contributed by atoms with Gasteiger partial charge in [0.05, 0.1) is 6.16 Å². The quantitative estimate of drug-likeness (QED) is 0.441. The Morgan fingerprint density at radius 3 is 2.48 bits per heavy atom. The van der Waals surface area contributed by atoms with E-state index in [0.717, 1.165) is 6.16 Å². The maximum absolute atomic E-state index is 11.5. The molecule has 0 N–H and O–H groups in total. The Kier molecular flexibility index (Phi) is 3.33. The number of carbonyl (C=O) groups excluding carboxylic acids is 1. The van der Waals surface area contributed by atoms with Crippen molar-refractivity contribution in [3.63, 3.8) is 0 Å². The summed E-state index contributed by atoms with van der Waals surface area (Å²) in [6.45, 7) is 8.31. The molecular formula is C18H22O2P+. The van der Waals surface area contributed by atoms with Gasteiger partial charge >= 0.3 is 5.97 Å². The Bertz CT molecular complexity index is 637. The largest absolute Gasteiger partial charge is 0.423 e. The molecule has 0 amide bonds. The van der Waals surface area contributed by atoms with Gasteiger partial charge in [0.2, 0.25) is 5.85 Å². The first-order valence-electron chi connectivity index (χ1n) is 7.40. The lowest BCUT2D eigenvalue weighted by molar-refractivity contribution is -0.141. The van der Waals surface area contributed by atoms with E-state index in [4.69, 9.17) is 4.74 Å². The lowest BCUT2D eigenvalue weighted by Gasteiger charge is -2.20. The molecule has 2 unspecified atom stereocenters. The first-order valence-corrected chi connectivity index (χ1v) is 9.44. The molecule has 0 aromatic heterocycles. The fourth-order valence-corrected chi connectivity index (χ4v) is 9.06. The van der Waals surface area contributed by atoms with Crippen molar-refractivity contribution in [2.75, 3.05) is 6.16 Å². The van der Waals surface area contributed by atoms with Crippen LogP contribution in [0, 0.1) is 5.41 Å². The van der Waals surface area contributed by atoms with Crippen molar-refractivity contribution in [3.05, 3.63) is 53.4 Å². The number of benzene rings is 1. The van der Waals surface area contributed by atoms with E-state index < -0.39 is 7.26 Å². The van der Waals surface area contributed by atoms with Gasteiger partial charge < -0.3 is 4.74 Å². The summed E-state index contributed by atoms with van der Waals surface area (Å²) in [5.41, 5.74) is 1.43. The van der Waals surface area contributed by atoms with E-state index in [-0.39, 0.29) is 17.2 Å². The van der Waals surface area contributed by atoms with Crippen LogP contribution in [0.25, 0.3) is 5.31 Å². The monoisotopic (exact) mass is 301 g/mol. The highest BCUT2D eigenvalue weighted by Gasteiger charge is 2.73. The van der Waals surface area contributed by atoms with Gasteiger partial charge in [-0.15, -0.1) is 0 Å². The molecule has 0 saturated heterocycles. The molecule has 0 aliphatic carbocycles. The molecule has 3 rings (SSSR count). The average Bonchev–Trinajstić information content (AvgIpc) is 2.93. The number of allylic oxidation sites excluding steroid dienone is 2. The van der Waals surface area contributed by atoms with Gasteiger partial charge in [0, 0.05) is 17.9 Å². The molecule has 1 spiro atoms. The minimum absolute atomic E-state index is 0.0422. The Labute approximate surface area is 127 Å². The van der Waals surface area contributed by atoms with Crippen LogP contribution in [0.1, 0.15) is 33.3 Å². The van der Waals surface area contributed by atoms with Gasteiger partial charge in [-0.25, -0.2) is 0 Å². The minimum atomic E-state index is -1.49. The van der Waals surface area contributed by atoms with Crippen molar-refractivity contribution in [1.29, 1.82) is 0 Å². The summed E-state index contributed by atoms with van der Waals surface area (Å²) in [6.07, 6.45) is 5.34. The van der Waals surface area contributed by atoms with E-state index in [9.17, 15) is 4.79 Å². The van der Waals surface area contributed by atoms with Gasteiger partial charge in [-0.1, -0.05) is 51.1 Å². The van der Waals surface area contributed by atoms with E-state index in [2.05, 4.69) is 57.2 Å². The van der Waals surface area contributed by atoms with Crippen LogP contribution >= 0.6 is 7.26 Å². The number of esters is 1. The van der Waals surface area contributed by atoms with Gasteiger partial charge in [-0.05, 0) is 12.2 Å². The van der Waals surface area contributed by atoms with Gasteiger partial charge in [-0.2, -0.15) is 0 Å². The highest BCUT2D eigenvalue weighted by molar-refractivity contribution is 7.98. The topological polar surface area (TPSA) is 26.3 Å². The normalized spacial score (nSPS) is 27.3. The third kappa shape index (κ3) is 2.26. The number of hydrogen-bond acceptors (Lipinski definition) is 2. The molecule has 2 heterocycles. The van der Waals surface area contributed by atoms with Crippen LogP contribution in [-0.4, -0.2) is 18.0 Å². The Balaban J connectivity index is 2.03. The van der Waals surface area contributed by atoms with Crippen LogP contribution in [0.5, 0.6) is 0 Å². The second-order valence-electron chi connectivity index (χ2n) is 6.79. The lowest BCUT2D eigenvalue weighted by atomic mass is 9.95. The fourth-order valence-electron chi connectivity index (χ4n) is 3.54. The molecule has 0 fully saturated rings. The predicted octanol–water partition coefficient (Wildman–Crippen LogP) is 4.89. The van der Waals surface area contributed by atoms with Crippen LogP contribution in [0.15, 0.2) is 47.8 Å². The summed E-state index contributed by atoms with van der Waals surface area (Å²) in [6, 6.07) is 10.6. The Hall–Kier alpha value is -1.40. The third-order valence-electron chi connectivity index (χ3n) is 4.15. The molecular weight excluding hydrogens is 279 g/mol. The third-order valence-corrected chi connectivity index (χ3v) is 8.83. The average molecular weight is 301 g/mol. The first kappa shape index (κ1) is 14.5. The van der Waals surface area contributed by atoms with Crippen LogP contribution < -0.4 is 0 Å². The molecule has 2 aliphatic heterocycles. The fraction of sp³-hybridized carbons (Fsp3) is 0.389. The van der Waals surface area contributed by atoms with Crippen LogP contribution in [-0.2, 0) is 9.53 Å². The van der Waals surface area contributed by atoms with E-state index in [0.29, 0.717) is 0 Å². The maximum atomic E-state index is 11.5. The van der Waals surface area contributed by atoms with Crippen LogP contribution in [0.2, 0.25) is 0 Å². The second-order valence-corrected chi connectivity index (χ2v) is 10.3. The number of ether oxygens (including phenoxy) is 1. The standard InChI is InChI=1S/C18H22O2P/c1-13(19)20-15-11-8-12-21(15)16(17(21)18(2,3)4)14-9-6-5-7-10-14/h5-11,15H,12H2,1-4H3/q+1. The smallest absolute Gasteiger partial charge is 0.306 e. The summed E-state index contributed by atoms with van der Waals surface area (Å²) < 4.78 is 5.65. The first-order chi connectivity index (χ1) is 9.87. The van der Waals surface area contributed by atoms with Gasteiger partial charge in [-0.3, -0.25) is 4.79 Å². The Morgan fingerprint density at radius 1 is 1.24 bits per heavy atom. The zero-order valence-electron chi connectivity index (χ0n) is 13.1. The van der Waals surface area contributed by atoms with Gasteiger partial charge in [0.25, 0.3) is 0 Å². The number of carbonyl (C=O) groups is 1. The van der Waals surface area contributed by atoms with Crippen molar-refractivity contribution in [2.45, 2.75) is 33.5 Å². The molecule has 2 nitrogen and oxygen atoms in total. The van der Waals surface area contributed by atoms with Gasteiger partial charge in [0.1, 0.15) is 17.9 Å². The number of hydrogen-bond donors (Lipinski definition) is 0. The highest BCUT2D eigenvalue weighted by Crippen LogP contribution is 2.96. The summed E-state index contributed by atoms with van der Waals surface area (Å²) in [4.78, 5) is 11.5. The molecule has 3 heteroatoms.